The highest BCUT2D eigenvalue weighted by molar-refractivity contribution is 6.16. The molecular weight excluding hydrogens is 771 g/mol. The highest BCUT2D eigenvalue weighted by Crippen LogP contribution is 2.63. The normalized spacial score (nSPS) is 14.7. The Bertz CT molecular complexity index is 3880. The number of furan rings is 2. The first-order valence-electron chi connectivity index (χ1n) is 21.3. The molecular formula is C58H33N3O2. The molecule has 292 valence electrons. The fourth-order valence-corrected chi connectivity index (χ4v) is 10.7. The summed E-state index contributed by atoms with van der Waals surface area (Å²) in [5.41, 5.74) is 17.5. The summed E-state index contributed by atoms with van der Waals surface area (Å²) < 4.78 is 12.8. The average Bonchev–Trinajstić information content (AvgIpc) is 4.00. The average molecular weight is 804 g/mol. The molecule has 0 fully saturated rings. The Balaban J connectivity index is 1.08. The zero-order valence-corrected chi connectivity index (χ0v) is 33.7. The van der Waals surface area contributed by atoms with Gasteiger partial charge in [-0.2, -0.15) is 0 Å². The van der Waals surface area contributed by atoms with Crippen LogP contribution in [0.15, 0.2) is 209 Å². The number of benzene rings is 9. The summed E-state index contributed by atoms with van der Waals surface area (Å²) in [7, 11) is 0. The van der Waals surface area contributed by atoms with Gasteiger partial charge in [-0.3, -0.25) is 0 Å². The first kappa shape index (κ1) is 34.3. The van der Waals surface area contributed by atoms with Crippen LogP contribution in [0.3, 0.4) is 0 Å². The molecule has 1 atom stereocenters. The molecule has 5 nitrogen and oxygen atoms in total. The molecule has 0 amide bonds. The molecule has 14 rings (SSSR count). The summed E-state index contributed by atoms with van der Waals surface area (Å²) in [6.07, 6.45) is 0. The van der Waals surface area contributed by atoms with E-state index in [0.717, 1.165) is 60.6 Å². The number of aromatic nitrogens is 3. The Labute approximate surface area is 361 Å². The number of para-hydroxylation sites is 2. The van der Waals surface area contributed by atoms with Crippen molar-refractivity contribution in [2.75, 3.05) is 0 Å². The molecule has 0 saturated carbocycles. The summed E-state index contributed by atoms with van der Waals surface area (Å²) in [6, 6.07) is 71.1. The van der Waals surface area contributed by atoms with Crippen molar-refractivity contribution in [2.45, 2.75) is 5.41 Å². The standard InChI is InChI=1S/C58H33N3O2/c1-2-14-34(15-3-1)55-59-56(35-27-30-51-44(32-35)41-19-8-12-24-49(41)62-51)61-57(60-55)36-26-28-40-38-17-5-4-16-37(38)39-18-6-10-22-45(39)58(48(40)33-36)46-23-11-7-20-42(46)53-47(58)29-31-52-54(53)43-21-9-13-25-50(43)63-52/h1-33H. The minimum Gasteiger partial charge on any atom is -0.456 e. The number of nitrogens with zero attached hydrogens (tertiary/aromatic N) is 3. The van der Waals surface area contributed by atoms with Crippen molar-refractivity contribution in [1.82, 2.24) is 15.0 Å². The van der Waals surface area contributed by atoms with Crippen molar-refractivity contribution >= 4 is 43.9 Å². The van der Waals surface area contributed by atoms with E-state index in [1.54, 1.807) is 0 Å². The van der Waals surface area contributed by atoms with Crippen LogP contribution >= 0.6 is 0 Å². The smallest absolute Gasteiger partial charge is 0.164 e. The molecule has 9 aromatic carbocycles. The van der Waals surface area contributed by atoms with E-state index in [0.29, 0.717) is 17.5 Å². The molecule has 0 aliphatic heterocycles. The number of fused-ring (bicyclic) bond motifs is 19. The molecule has 0 N–H and O–H groups in total. The van der Waals surface area contributed by atoms with Gasteiger partial charge < -0.3 is 8.83 Å². The molecule has 2 aliphatic rings. The lowest BCUT2D eigenvalue weighted by molar-refractivity contribution is 0.668. The molecule has 1 unspecified atom stereocenters. The maximum Gasteiger partial charge on any atom is 0.164 e. The Morgan fingerprint density at radius 3 is 1.57 bits per heavy atom. The Morgan fingerprint density at radius 1 is 0.302 bits per heavy atom. The summed E-state index contributed by atoms with van der Waals surface area (Å²) >= 11 is 0. The van der Waals surface area contributed by atoms with E-state index in [9.17, 15) is 0 Å². The fourth-order valence-electron chi connectivity index (χ4n) is 10.7. The fraction of sp³-hybridized carbons (Fsp3) is 0.0172. The molecule has 1 spiro atoms. The second kappa shape index (κ2) is 12.8. The SMILES string of the molecule is c1ccc(-c2nc(-c3ccc4c(c3)C3(c5ccccc5-c5ccccc5-4)c4ccccc4-c4c3ccc3oc5ccccc5c43)nc(-c3ccc4oc5ccccc5c4c3)n2)cc1. The minimum atomic E-state index is -0.717. The van der Waals surface area contributed by atoms with Gasteiger partial charge in [0.2, 0.25) is 0 Å². The lowest BCUT2D eigenvalue weighted by atomic mass is 9.65. The predicted molar refractivity (Wildman–Crippen MR) is 252 cm³/mol. The molecule has 63 heavy (non-hydrogen) atoms. The van der Waals surface area contributed by atoms with Gasteiger partial charge in [-0.25, -0.2) is 15.0 Å². The van der Waals surface area contributed by atoms with E-state index in [1.807, 2.05) is 54.6 Å². The number of rotatable bonds is 3. The number of hydrogen-bond acceptors (Lipinski definition) is 5. The van der Waals surface area contributed by atoms with Crippen LogP contribution in [-0.4, -0.2) is 15.0 Å². The molecule has 0 bridgehead atoms. The molecule has 5 heteroatoms. The van der Waals surface area contributed by atoms with Crippen molar-refractivity contribution in [1.29, 1.82) is 0 Å². The van der Waals surface area contributed by atoms with Gasteiger partial charge in [0.15, 0.2) is 17.5 Å². The lowest BCUT2D eigenvalue weighted by Crippen LogP contribution is -2.29. The zero-order chi connectivity index (χ0) is 41.2. The summed E-state index contributed by atoms with van der Waals surface area (Å²) in [5.74, 6) is 1.80. The summed E-state index contributed by atoms with van der Waals surface area (Å²) in [4.78, 5) is 15.8. The Hall–Kier alpha value is -8.41. The third-order valence-electron chi connectivity index (χ3n) is 13.4. The van der Waals surface area contributed by atoms with Crippen LogP contribution in [0.4, 0.5) is 0 Å². The second-order valence-electron chi connectivity index (χ2n) is 16.6. The first-order chi connectivity index (χ1) is 31.2. The van der Waals surface area contributed by atoms with Crippen molar-refractivity contribution in [3.8, 4) is 67.5 Å². The molecule has 0 radical (unpaired) electrons. The summed E-state index contributed by atoms with van der Waals surface area (Å²) in [6.45, 7) is 0. The molecule has 3 heterocycles. The van der Waals surface area contributed by atoms with Crippen molar-refractivity contribution in [2.24, 2.45) is 0 Å². The molecule has 2 aliphatic carbocycles. The van der Waals surface area contributed by atoms with Crippen LogP contribution < -0.4 is 0 Å². The first-order valence-corrected chi connectivity index (χ1v) is 21.3. The Morgan fingerprint density at radius 2 is 0.810 bits per heavy atom. The van der Waals surface area contributed by atoms with Crippen LogP contribution in [-0.2, 0) is 5.41 Å². The lowest BCUT2D eigenvalue weighted by Gasteiger charge is -2.35. The summed E-state index contributed by atoms with van der Waals surface area (Å²) in [5, 5.41) is 4.33. The molecule has 12 aromatic rings. The van der Waals surface area contributed by atoms with Gasteiger partial charge in [-0.15, -0.1) is 0 Å². The highest BCUT2D eigenvalue weighted by atomic mass is 16.3. The van der Waals surface area contributed by atoms with E-state index < -0.39 is 5.41 Å². The van der Waals surface area contributed by atoms with Crippen LogP contribution in [0.1, 0.15) is 22.3 Å². The predicted octanol–water partition coefficient (Wildman–Crippen LogP) is 14.7. The quantitative estimate of drug-likeness (QED) is 0.178. The van der Waals surface area contributed by atoms with Crippen LogP contribution in [0.25, 0.3) is 111 Å². The van der Waals surface area contributed by atoms with Gasteiger partial charge in [-0.05, 0) is 98.1 Å². The van der Waals surface area contributed by atoms with E-state index in [2.05, 4.69) is 146 Å². The van der Waals surface area contributed by atoms with Crippen molar-refractivity contribution in [3.63, 3.8) is 0 Å². The van der Waals surface area contributed by atoms with Gasteiger partial charge in [0, 0.05) is 38.2 Å². The number of hydrogen-bond donors (Lipinski definition) is 0. The topological polar surface area (TPSA) is 65.0 Å². The maximum absolute atomic E-state index is 6.57. The second-order valence-corrected chi connectivity index (χ2v) is 16.6. The highest BCUT2D eigenvalue weighted by Gasteiger charge is 2.50. The van der Waals surface area contributed by atoms with Gasteiger partial charge >= 0.3 is 0 Å². The van der Waals surface area contributed by atoms with Crippen LogP contribution in [0, 0.1) is 0 Å². The minimum absolute atomic E-state index is 0.595. The molecule has 3 aromatic heterocycles. The third kappa shape index (κ3) is 4.73. The van der Waals surface area contributed by atoms with E-state index >= 15 is 0 Å². The van der Waals surface area contributed by atoms with Gasteiger partial charge in [-0.1, -0.05) is 158 Å². The van der Waals surface area contributed by atoms with Crippen molar-refractivity contribution < 1.29 is 8.83 Å². The van der Waals surface area contributed by atoms with Gasteiger partial charge in [0.25, 0.3) is 0 Å². The monoisotopic (exact) mass is 803 g/mol. The van der Waals surface area contributed by atoms with E-state index in [4.69, 9.17) is 23.8 Å². The van der Waals surface area contributed by atoms with Crippen molar-refractivity contribution in [3.05, 3.63) is 222 Å². The zero-order valence-electron chi connectivity index (χ0n) is 33.7. The largest absolute Gasteiger partial charge is 0.456 e. The van der Waals surface area contributed by atoms with Crippen LogP contribution in [0.5, 0.6) is 0 Å². The van der Waals surface area contributed by atoms with Crippen LogP contribution in [0.2, 0.25) is 0 Å². The Kier molecular flexibility index (Phi) is 6.97. The van der Waals surface area contributed by atoms with Gasteiger partial charge in [0.05, 0.1) is 5.41 Å². The third-order valence-corrected chi connectivity index (χ3v) is 13.4. The maximum atomic E-state index is 6.57. The van der Waals surface area contributed by atoms with Gasteiger partial charge in [0.1, 0.15) is 22.3 Å². The van der Waals surface area contributed by atoms with E-state index in [-0.39, 0.29) is 0 Å². The molecule has 0 saturated heterocycles. The van der Waals surface area contributed by atoms with E-state index in [1.165, 1.54) is 55.6 Å².